The first-order valence-corrected chi connectivity index (χ1v) is 6.49. The van der Waals surface area contributed by atoms with E-state index in [4.69, 9.17) is 10.5 Å². The second-order valence-electron chi connectivity index (χ2n) is 4.09. The average molecular weight is 325 g/mol. The van der Waals surface area contributed by atoms with Crippen LogP contribution in [0.1, 0.15) is 29.8 Å². The lowest BCUT2D eigenvalue weighted by Gasteiger charge is -2.11. The SMILES string of the molecule is CN=C(C)C(=C(C)N)c1cc(Br)cc(C(=O)OC)c1. The van der Waals surface area contributed by atoms with Gasteiger partial charge in [0.25, 0.3) is 0 Å². The quantitative estimate of drug-likeness (QED) is 0.686. The van der Waals surface area contributed by atoms with Crippen LogP contribution in [0.2, 0.25) is 0 Å². The van der Waals surface area contributed by atoms with Crippen LogP contribution in [-0.4, -0.2) is 25.8 Å². The van der Waals surface area contributed by atoms with Crippen molar-refractivity contribution in [3.05, 3.63) is 39.5 Å². The minimum atomic E-state index is -0.386. The van der Waals surface area contributed by atoms with Gasteiger partial charge in [-0.3, -0.25) is 4.99 Å². The number of methoxy groups -OCH3 is 1. The summed E-state index contributed by atoms with van der Waals surface area (Å²) in [6, 6.07) is 5.35. The topological polar surface area (TPSA) is 64.7 Å². The van der Waals surface area contributed by atoms with Gasteiger partial charge in [-0.15, -0.1) is 0 Å². The molecule has 5 heteroatoms. The van der Waals surface area contributed by atoms with Gasteiger partial charge in [0.15, 0.2) is 0 Å². The first-order chi connectivity index (χ1) is 8.90. The maximum atomic E-state index is 11.6. The molecule has 1 aromatic rings. The van der Waals surface area contributed by atoms with Crippen LogP contribution in [0.3, 0.4) is 0 Å². The lowest BCUT2D eigenvalue weighted by atomic mass is 9.98. The van der Waals surface area contributed by atoms with Gasteiger partial charge in [-0.05, 0) is 37.6 Å². The summed E-state index contributed by atoms with van der Waals surface area (Å²) < 4.78 is 5.52. The number of nitrogens with zero attached hydrogens (tertiary/aromatic N) is 1. The second kappa shape index (κ2) is 6.52. The monoisotopic (exact) mass is 324 g/mol. The van der Waals surface area contributed by atoms with E-state index in [9.17, 15) is 4.79 Å². The van der Waals surface area contributed by atoms with Crippen molar-refractivity contribution in [1.82, 2.24) is 0 Å². The van der Waals surface area contributed by atoms with E-state index in [1.807, 2.05) is 19.9 Å². The van der Waals surface area contributed by atoms with Gasteiger partial charge >= 0.3 is 5.97 Å². The molecule has 0 saturated carbocycles. The predicted octanol–water partition coefficient (Wildman–Crippen LogP) is 3.02. The van der Waals surface area contributed by atoms with E-state index in [0.717, 1.165) is 21.3 Å². The maximum absolute atomic E-state index is 11.6. The highest BCUT2D eigenvalue weighted by molar-refractivity contribution is 9.10. The van der Waals surface area contributed by atoms with Gasteiger partial charge in [-0.2, -0.15) is 0 Å². The number of hydrogen-bond donors (Lipinski definition) is 1. The van der Waals surface area contributed by atoms with Crippen LogP contribution in [0.5, 0.6) is 0 Å². The number of benzene rings is 1. The maximum Gasteiger partial charge on any atom is 0.337 e. The first-order valence-electron chi connectivity index (χ1n) is 5.70. The summed E-state index contributed by atoms with van der Waals surface area (Å²) >= 11 is 3.39. The molecule has 1 aromatic carbocycles. The van der Waals surface area contributed by atoms with Gasteiger partial charge < -0.3 is 10.5 Å². The number of hydrogen-bond acceptors (Lipinski definition) is 4. The van der Waals surface area contributed by atoms with E-state index in [-0.39, 0.29) is 5.97 Å². The Kier molecular flexibility index (Phi) is 5.30. The third kappa shape index (κ3) is 3.67. The van der Waals surface area contributed by atoms with Gasteiger partial charge in [-0.25, -0.2) is 4.79 Å². The second-order valence-corrected chi connectivity index (χ2v) is 5.00. The van der Waals surface area contributed by atoms with Crippen molar-refractivity contribution < 1.29 is 9.53 Å². The molecule has 0 aliphatic carbocycles. The van der Waals surface area contributed by atoms with Gasteiger partial charge in [-0.1, -0.05) is 15.9 Å². The molecule has 19 heavy (non-hydrogen) atoms. The fourth-order valence-electron chi connectivity index (χ4n) is 1.80. The average Bonchev–Trinajstić information content (AvgIpc) is 2.36. The molecule has 102 valence electrons. The summed E-state index contributed by atoms with van der Waals surface area (Å²) in [5, 5.41) is 0. The molecule has 0 atom stereocenters. The lowest BCUT2D eigenvalue weighted by Crippen LogP contribution is -2.08. The number of ether oxygens (including phenoxy) is 1. The highest BCUT2D eigenvalue weighted by atomic mass is 79.9. The van der Waals surface area contributed by atoms with E-state index in [1.54, 1.807) is 19.2 Å². The Bertz CT molecular complexity index is 559. The molecule has 0 fully saturated rings. The number of halogens is 1. The summed E-state index contributed by atoms with van der Waals surface area (Å²) in [6.07, 6.45) is 0. The predicted molar refractivity (Wildman–Crippen MR) is 81.3 cm³/mol. The van der Waals surface area contributed by atoms with E-state index in [2.05, 4.69) is 20.9 Å². The van der Waals surface area contributed by atoms with Crippen molar-refractivity contribution in [3.63, 3.8) is 0 Å². The van der Waals surface area contributed by atoms with Crippen LogP contribution in [0.15, 0.2) is 33.4 Å². The molecule has 0 unspecified atom stereocenters. The van der Waals surface area contributed by atoms with Crippen molar-refractivity contribution in [2.45, 2.75) is 13.8 Å². The molecule has 0 bridgehead atoms. The van der Waals surface area contributed by atoms with E-state index in [0.29, 0.717) is 11.3 Å². The van der Waals surface area contributed by atoms with Gasteiger partial charge in [0.05, 0.1) is 12.7 Å². The lowest BCUT2D eigenvalue weighted by molar-refractivity contribution is 0.0600. The molecule has 1 rings (SSSR count). The number of aliphatic imine (C=N–C) groups is 1. The molecule has 0 aliphatic rings. The van der Waals surface area contributed by atoms with Crippen molar-refractivity contribution in [3.8, 4) is 0 Å². The fourth-order valence-corrected chi connectivity index (χ4v) is 2.30. The molecule has 4 nitrogen and oxygen atoms in total. The molecule has 0 spiro atoms. The Hall–Kier alpha value is -1.62. The first kappa shape index (κ1) is 15.4. The summed E-state index contributed by atoms with van der Waals surface area (Å²) in [5.41, 5.74) is 9.51. The number of carbonyl (C=O) groups excluding carboxylic acids is 1. The number of esters is 1. The summed E-state index contributed by atoms with van der Waals surface area (Å²) in [5.74, 6) is -0.386. The Labute approximate surface area is 121 Å². The summed E-state index contributed by atoms with van der Waals surface area (Å²) in [6.45, 7) is 3.69. The number of nitrogens with two attached hydrogens (primary N) is 1. The minimum Gasteiger partial charge on any atom is -0.465 e. The van der Waals surface area contributed by atoms with Crippen LogP contribution in [0, 0.1) is 0 Å². The Balaban J connectivity index is 3.46. The minimum absolute atomic E-state index is 0.386. The molecule has 0 saturated heterocycles. The van der Waals surface area contributed by atoms with Crippen LogP contribution in [-0.2, 0) is 4.74 Å². The van der Waals surface area contributed by atoms with Gasteiger partial charge in [0.1, 0.15) is 0 Å². The van der Waals surface area contributed by atoms with Crippen LogP contribution in [0.25, 0.3) is 5.57 Å². The largest absolute Gasteiger partial charge is 0.465 e. The van der Waals surface area contributed by atoms with Crippen molar-refractivity contribution in [1.29, 1.82) is 0 Å². The number of rotatable bonds is 3. The Morgan fingerprint density at radius 2 is 1.84 bits per heavy atom. The zero-order chi connectivity index (χ0) is 14.6. The van der Waals surface area contributed by atoms with Crippen LogP contribution < -0.4 is 5.73 Å². The number of allylic oxidation sites excluding steroid dienone is 2. The highest BCUT2D eigenvalue weighted by Crippen LogP contribution is 2.24. The molecule has 0 amide bonds. The molecule has 0 radical (unpaired) electrons. The van der Waals surface area contributed by atoms with Crippen molar-refractivity contribution in [2.75, 3.05) is 14.2 Å². The zero-order valence-corrected chi connectivity index (χ0v) is 13.0. The molecular weight excluding hydrogens is 308 g/mol. The van der Waals surface area contributed by atoms with Crippen LogP contribution >= 0.6 is 15.9 Å². The highest BCUT2D eigenvalue weighted by Gasteiger charge is 2.13. The van der Waals surface area contributed by atoms with Gasteiger partial charge in [0, 0.05) is 28.5 Å². The van der Waals surface area contributed by atoms with Gasteiger partial charge in [0.2, 0.25) is 0 Å². The summed E-state index contributed by atoms with van der Waals surface area (Å²) in [4.78, 5) is 15.8. The smallest absolute Gasteiger partial charge is 0.337 e. The molecule has 2 N–H and O–H groups in total. The normalized spacial score (nSPS) is 13.0. The third-order valence-corrected chi connectivity index (χ3v) is 3.16. The standard InChI is InChI=1S/C14H17BrN2O2/c1-8(16)13(9(2)17-3)10-5-11(14(18)19-4)7-12(15)6-10/h5-7H,16H2,1-4H3. The van der Waals surface area contributed by atoms with E-state index < -0.39 is 0 Å². The Morgan fingerprint density at radius 3 is 2.32 bits per heavy atom. The summed E-state index contributed by atoms with van der Waals surface area (Å²) in [7, 11) is 3.06. The van der Waals surface area contributed by atoms with E-state index >= 15 is 0 Å². The van der Waals surface area contributed by atoms with E-state index in [1.165, 1.54) is 7.11 Å². The van der Waals surface area contributed by atoms with Crippen LogP contribution in [0.4, 0.5) is 0 Å². The third-order valence-electron chi connectivity index (χ3n) is 2.70. The molecule has 0 aliphatic heterocycles. The molecule has 0 aromatic heterocycles. The zero-order valence-electron chi connectivity index (χ0n) is 11.5. The Morgan fingerprint density at radius 1 is 1.26 bits per heavy atom. The molecule has 0 heterocycles. The fraction of sp³-hybridized carbons (Fsp3) is 0.286. The van der Waals surface area contributed by atoms with Crippen molar-refractivity contribution in [2.24, 2.45) is 10.7 Å². The van der Waals surface area contributed by atoms with Crippen molar-refractivity contribution >= 4 is 33.2 Å². The number of carbonyl (C=O) groups is 1. The molecular formula is C14H17BrN2O2.